The summed E-state index contributed by atoms with van der Waals surface area (Å²) in [7, 11) is -4.74. The van der Waals surface area contributed by atoms with Gasteiger partial charge in [0.2, 0.25) is 0 Å². The minimum atomic E-state index is -4.74. The number of furan rings is 2. The van der Waals surface area contributed by atoms with E-state index in [0.29, 0.717) is 12.8 Å². The van der Waals surface area contributed by atoms with Gasteiger partial charge in [-0.3, -0.25) is 23.4 Å². The highest BCUT2D eigenvalue weighted by atomic mass is 31.2. The highest BCUT2D eigenvalue weighted by molar-refractivity contribution is 7.47. The first-order valence-electron chi connectivity index (χ1n) is 22.4. The lowest BCUT2D eigenvalue weighted by molar-refractivity contribution is -0.161. The minimum Gasteiger partial charge on any atom is -0.480 e. The lowest BCUT2D eigenvalue weighted by Crippen LogP contribution is -2.34. The highest BCUT2D eigenvalue weighted by Crippen LogP contribution is 2.43. The fourth-order valence-corrected chi connectivity index (χ4v) is 7.67. The Morgan fingerprint density at radius 3 is 1.73 bits per heavy atom. The second-order valence-electron chi connectivity index (χ2n) is 16.0. The number of ether oxygens (including phenoxy) is 2. The maximum atomic E-state index is 12.7. The first-order valence-corrected chi connectivity index (χ1v) is 23.9. The van der Waals surface area contributed by atoms with E-state index in [1.54, 1.807) is 0 Å². The molecule has 2 rings (SSSR count). The van der Waals surface area contributed by atoms with Gasteiger partial charge in [-0.15, -0.1) is 0 Å². The number of carbonyl (C=O) groups is 3. The average Bonchev–Trinajstić information content (AvgIpc) is 3.69. The maximum absolute atomic E-state index is 12.7. The Bertz CT molecular complexity index is 1530. The van der Waals surface area contributed by atoms with Crippen LogP contribution in [0.5, 0.6) is 0 Å². The first kappa shape index (κ1) is 52.2. The summed E-state index contributed by atoms with van der Waals surface area (Å²) in [6, 6.07) is 0.655. The highest BCUT2D eigenvalue weighted by Gasteiger charge is 2.28. The molecule has 0 fully saturated rings. The molecule has 0 saturated carbocycles. The summed E-state index contributed by atoms with van der Waals surface area (Å²) in [4.78, 5) is 46.2. The number of carboxylic acid groups (broad SMARTS) is 1. The standard InChI is InChI=1S/C45H76NO12P/c1-6-8-19-25-37-30-34(3)40(56-37)26-20-15-11-9-10-12-18-23-29-44(48)57-38(32-54-59(51,52)55-33-39(46)45(49)50)31-53-43(47)28-22-17-14-13-16-21-27-42-36(5)35(4)41(58-42)24-7-2/h30,38-39H,6-29,31-33,46H2,1-5H3,(H,49,50)(H,51,52). The van der Waals surface area contributed by atoms with Crippen LogP contribution < -0.4 is 5.73 Å². The third kappa shape index (κ3) is 23.0. The van der Waals surface area contributed by atoms with E-state index in [1.807, 2.05) is 0 Å². The van der Waals surface area contributed by atoms with Crippen LogP contribution in [0, 0.1) is 20.8 Å². The first-order chi connectivity index (χ1) is 28.3. The molecule has 2 aromatic rings. The molecule has 0 aliphatic carbocycles. The summed E-state index contributed by atoms with van der Waals surface area (Å²) in [6.45, 7) is 9.01. The van der Waals surface area contributed by atoms with Gasteiger partial charge in [0.15, 0.2) is 6.10 Å². The van der Waals surface area contributed by atoms with Crippen LogP contribution in [0.25, 0.3) is 0 Å². The molecule has 0 amide bonds. The minimum absolute atomic E-state index is 0.134. The predicted octanol–water partition coefficient (Wildman–Crippen LogP) is 10.5. The molecule has 0 saturated heterocycles. The van der Waals surface area contributed by atoms with E-state index in [9.17, 15) is 23.8 Å². The Kier molecular flexibility index (Phi) is 26.6. The Hall–Kier alpha value is -2.96. The molecule has 0 bridgehead atoms. The van der Waals surface area contributed by atoms with Gasteiger partial charge in [0.25, 0.3) is 0 Å². The number of hydrogen-bond donors (Lipinski definition) is 3. The molecule has 3 atom stereocenters. The molecule has 0 aliphatic rings. The lowest BCUT2D eigenvalue weighted by Gasteiger charge is -2.20. The maximum Gasteiger partial charge on any atom is 0.472 e. The molecular weight excluding hydrogens is 777 g/mol. The number of unbranched alkanes of at least 4 members (excludes halogenated alkanes) is 14. The van der Waals surface area contributed by atoms with Crippen molar-refractivity contribution in [3.63, 3.8) is 0 Å². The number of rotatable bonds is 36. The van der Waals surface area contributed by atoms with Crippen molar-refractivity contribution < 1.29 is 56.3 Å². The van der Waals surface area contributed by atoms with Gasteiger partial charge < -0.3 is 34.0 Å². The van der Waals surface area contributed by atoms with E-state index < -0.39 is 51.1 Å². The van der Waals surface area contributed by atoms with Crippen LogP contribution >= 0.6 is 7.82 Å². The summed E-state index contributed by atoms with van der Waals surface area (Å²) in [5, 5.41) is 8.92. The van der Waals surface area contributed by atoms with Crippen LogP contribution in [0.1, 0.15) is 182 Å². The normalized spacial score (nSPS) is 13.6. The molecular formula is C45H76NO12P. The quantitative estimate of drug-likeness (QED) is 0.0333. The van der Waals surface area contributed by atoms with E-state index in [4.69, 9.17) is 33.7 Å². The number of esters is 2. The number of phosphoric ester groups is 1. The van der Waals surface area contributed by atoms with E-state index in [2.05, 4.69) is 45.2 Å². The predicted molar refractivity (Wildman–Crippen MR) is 228 cm³/mol. The second kappa shape index (κ2) is 30.1. The topological polar surface area (TPSA) is 198 Å². The number of carbonyl (C=O) groups excluding carboxylic acids is 2. The molecule has 3 unspecified atom stereocenters. The van der Waals surface area contributed by atoms with Gasteiger partial charge in [-0.1, -0.05) is 90.9 Å². The van der Waals surface area contributed by atoms with E-state index in [0.717, 1.165) is 132 Å². The lowest BCUT2D eigenvalue weighted by atomic mass is 10.0. The smallest absolute Gasteiger partial charge is 0.472 e. The monoisotopic (exact) mass is 854 g/mol. The van der Waals surface area contributed by atoms with Crippen LogP contribution in [-0.2, 0) is 63.2 Å². The summed E-state index contributed by atoms with van der Waals surface area (Å²) in [5.41, 5.74) is 9.14. The molecule has 59 heavy (non-hydrogen) atoms. The fraction of sp³-hybridized carbons (Fsp3) is 0.756. The second-order valence-corrected chi connectivity index (χ2v) is 17.4. The zero-order valence-corrected chi connectivity index (χ0v) is 37.7. The SMILES string of the molecule is CCCCCc1cc(C)c(CCCCCCCCCCC(=O)OC(COC(=O)CCCCCCCCc2oc(CCC)c(C)c2C)COP(=O)(O)OCC(N)C(=O)O)o1. The van der Waals surface area contributed by atoms with Crippen molar-refractivity contribution in [1.29, 1.82) is 0 Å². The molecule has 0 spiro atoms. The van der Waals surface area contributed by atoms with Crippen molar-refractivity contribution in [2.75, 3.05) is 19.8 Å². The van der Waals surface area contributed by atoms with Gasteiger partial charge in [-0.05, 0) is 82.1 Å². The number of hydrogen-bond acceptors (Lipinski definition) is 11. The molecule has 13 nitrogen and oxygen atoms in total. The molecule has 14 heteroatoms. The van der Waals surface area contributed by atoms with Crippen molar-refractivity contribution in [1.82, 2.24) is 0 Å². The summed E-state index contributed by atoms with van der Waals surface area (Å²) in [6.07, 6.45) is 21.5. The number of aliphatic carboxylic acids is 1. The van der Waals surface area contributed by atoms with Crippen LogP contribution in [-0.4, -0.2) is 59.9 Å². The molecule has 0 aromatic carbocycles. The molecule has 0 aliphatic heterocycles. The van der Waals surface area contributed by atoms with Gasteiger partial charge in [0.05, 0.1) is 13.2 Å². The van der Waals surface area contributed by atoms with Gasteiger partial charge in [-0.25, -0.2) is 4.57 Å². The van der Waals surface area contributed by atoms with Gasteiger partial charge in [0.1, 0.15) is 35.7 Å². The fourth-order valence-electron chi connectivity index (χ4n) is 6.89. The van der Waals surface area contributed by atoms with Gasteiger partial charge in [0, 0.05) is 38.5 Å². The Labute approximate surface area is 353 Å². The molecule has 2 aromatic heterocycles. The van der Waals surface area contributed by atoms with Gasteiger partial charge >= 0.3 is 25.7 Å². The Balaban J connectivity index is 1.66. The van der Waals surface area contributed by atoms with E-state index >= 15 is 0 Å². The molecule has 2 heterocycles. The Morgan fingerprint density at radius 2 is 1.15 bits per heavy atom. The largest absolute Gasteiger partial charge is 0.480 e. The third-order valence-corrected chi connectivity index (χ3v) is 11.6. The van der Waals surface area contributed by atoms with Crippen LogP contribution in [0.15, 0.2) is 14.9 Å². The zero-order valence-electron chi connectivity index (χ0n) is 36.8. The van der Waals surface area contributed by atoms with Crippen LogP contribution in [0.4, 0.5) is 0 Å². The van der Waals surface area contributed by atoms with E-state index in [-0.39, 0.29) is 19.4 Å². The average molecular weight is 854 g/mol. The van der Waals surface area contributed by atoms with Crippen molar-refractivity contribution in [2.24, 2.45) is 5.73 Å². The molecule has 0 radical (unpaired) electrons. The van der Waals surface area contributed by atoms with Crippen molar-refractivity contribution in [3.05, 3.63) is 45.8 Å². The number of nitrogens with two attached hydrogens (primary N) is 1. The van der Waals surface area contributed by atoms with Crippen molar-refractivity contribution >= 4 is 25.7 Å². The number of carboxylic acids is 1. The Morgan fingerprint density at radius 1 is 0.644 bits per heavy atom. The summed E-state index contributed by atoms with van der Waals surface area (Å²) in [5.74, 6) is 1.99. The van der Waals surface area contributed by atoms with Crippen molar-refractivity contribution in [3.8, 4) is 0 Å². The van der Waals surface area contributed by atoms with Crippen LogP contribution in [0.3, 0.4) is 0 Å². The van der Waals surface area contributed by atoms with Gasteiger partial charge in [-0.2, -0.15) is 0 Å². The molecule has 338 valence electrons. The number of aryl methyl sites for hydroxylation is 5. The summed E-state index contributed by atoms with van der Waals surface area (Å²) >= 11 is 0. The van der Waals surface area contributed by atoms with E-state index in [1.165, 1.54) is 36.0 Å². The van der Waals surface area contributed by atoms with Crippen LogP contribution in [0.2, 0.25) is 0 Å². The number of phosphoric acid groups is 1. The third-order valence-electron chi connectivity index (χ3n) is 10.7. The molecule has 4 N–H and O–H groups in total. The van der Waals surface area contributed by atoms with Crippen molar-refractivity contribution in [2.45, 2.75) is 201 Å². The zero-order chi connectivity index (χ0) is 43.5. The summed E-state index contributed by atoms with van der Waals surface area (Å²) < 4.78 is 45.0.